The number of pyridine rings is 1. The number of hydrogen-bond acceptors (Lipinski definition) is 8. The Hall–Kier alpha value is -3.11. The fraction of sp³-hybridized carbons (Fsp3) is 0.176. The number of halogens is 1. The van der Waals surface area contributed by atoms with Crippen LogP contribution in [0.4, 0.5) is 10.9 Å². The second-order valence-corrected chi connectivity index (χ2v) is 7.48. The van der Waals surface area contributed by atoms with E-state index in [1.54, 1.807) is 30.9 Å². The lowest BCUT2D eigenvalue weighted by atomic mass is 10.2. The van der Waals surface area contributed by atoms with Gasteiger partial charge in [-0.2, -0.15) is 0 Å². The third-order valence-corrected chi connectivity index (χ3v) is 5.31. The summed E-state index contributed by atoms with van der Waals surface area (Å²) in [5.74, 6) is 0.285. The van der Waals surface area contributed by atoms with Gasteiger partial charge in [-0.05, 0) is 13.0 Å². The molecule has 0 saturated carbocycles. The van der Waals surface area contributed by atoms with E-state index in [-0.39, 0.29) is 11.9 Å². The topological polar surface area (TPSA) is 111 Å². The van der Waals surface area contributed by atoms with Gasteiger partial charge in [0.25, 0.3) is 5.91 Å². The highest BCUT2D eigenvalue weighted by molar-refractivity contribution is 7.15. The van der Waals surface area contributed by atoms with Crippen LogP contribution in [0.2, 0.25) is 5.15 Å². The highest BCUT2D eigenvalue weighted by Crippen LogP contribution is 2.27. The molecule has 0 radical (unpaired) electrons. The maximum Gasteiger partial charge on any atom is 0.270 e. The Bertz CT molecular complexity index is 1160. The molecule has 0 aliphatic heterocycles. The first-order valence-corrected chi connectivity index (χ1v) is 9.47. The summed E-state index contributed by atoms with van der Waals surface area (Å²) in [6.45, 7) is 1.89. The van der Waals surface area contributed by atoms with E-state index in [4.69, 9.17) is 11.6 Å². The third-order valence-electron chi connectivity index (χ3n) is 4.01. The molecule has 1 amide bonds. The van der Waals surface area contributed by atoms with Crippen molar-refractivity contribution in [3.8, 4) is 0 Å². The van der Waals surface area contributed by atoms with Gasteiger partial charge in [0.1, 0.15) is 28.5 Å². The van der Waals surface area contributed by atoms with Gasteiger partial charge in [0.15, 0.2) is 5.13 Å². The maximum atomic E-state index is 12.6. The summed E-state index contributed by atoms with van der Waals surface area (Å²) in [7, 11) is 1.87. The molecular weight excluding hydrogens is 400 g/mol. The van der Waals surface area contributed by atoms with Gasteiger partial charge in [-0.15, -0.1) is 0 Å². The fourth-order valence-corrected chi connectivity index (χ4v) is 3.52. The largest absolute Gasteiger partial charge is 0.343 e. The number of anilines is 2. The lowest BCUT2D eigenvalue weighted by Gasteiger charge is -2.11. The van der Waals surface area contributed by atoms with E-state index in [0.717, 1.165) is 15.9 Å². The van der Waals surface area contributed by atoms with Crippen LogP contribution in [0.15, 0.2) is 37.2 Å². The number of fused-ring (bicyclic) bond motifs is 1. The molecule has 4 rings (SSSR count). The number of carbonyl (C=O) groups is 1. The molecule has 1 atom stereocenters. The van der Waals surface area contributed by atoms with Gasteiger partial charge in [0, 0.05) is 24.2 Å². The van der Waals surface area contributed by atoms with E-state index >= 15 is 0 Å². The molecule has 0 saturated heterocycles. The fourth-order valence-electron chi connectivity index (χ4n) is 2.55. The number of nitrogens with zero attached hydrogens (tertiary/aromatic N) is 6. The van der Waals surface area contributed by atoms with Crippen LogP contribution in [-0.4, -0.2) is 35.4 Å². The van der Waals surface area contributed by atoms with Crippen molar-refractivity contribution in [1.82, 2.24) is 34.8 Å². The van der Waals surface area contributed by atoms with Gasteiger partial charge in [-0.25, -0.2) is 24.9 Å². The number of thiazole rings is 1. The number of nitrogens with one attached hydrogen (secondary N) is 2. The van der Waals surface area contributed by atoms with Crippen molar-refractivity contribution in [3.05, 3.63) is 52.9 Å². The zero-order valence-electron chi connectivity index (χ0n) is 14.9. The van der Waals surface area contributed by atoms with E-state index in [2.05, 4.69) is 35.6 Å². The summed E-state index contributed by atoms with van der Waals surface area (Å²) >= 11 is 7.26. The molecule has 28 heavy (non-hydrogen) atoms. The average molecular weight is 415 g/mol. The number of amides is 1. The minimum Gasteiger partial charge on any atom is -0.343 e. The summed E-state index contributed by atoms with van der Waals surface area (Å²) in [6.07, 6.45) is 6.36. The van der Waals surface area contributed by atoms with Gasteiger partial charge in [-0.3, -0.25) is 4.79 Å². The molecule has 0 bridgehead atoms. The predicted octanol–water partition coefficient (Wildman–Crippen LogP) is 3.10. The van der Waals surface area contributed by atoms with Crippen LogP contribution in [0.5, 0.6) is 0 Å². The first-order valence-electron chi connectivity index (χ1n) is 8.28. The molecule has 0 aliphatic carbocycles. The number of aromatic nitrogens is 6. The van der Waals surface area contributed by atoms with Crippen LogP contribution in [-0.2, 0) is 7.05 Å². The molecule has 1 unspecified atom stereocenters. The van der Waals surface area contributed by atoms with Gasteiger partial charge in [0.05, 0.1) is 24.1 Å². The molecule has 11 heteroatoms. The molecule has 0 fully saturated rings. The number of carbonyl (C=O) groups excluding carboxylic acids is 1. The Labute approximate surface area is 168 Å². The second-order valence-electron chi connectivity index (χ2n) is 6.03. The summed E-state index contributed by atoms with van der Waals surface area (Å²) in [4.78, 5) is 34.1. The number of hydrogen-bond donors (Lipinski definition) is 2. The molecule has 4 aromatic rings. The first kappa shape index (κ1) is 18.3. The monoisotopic (exact) mass is 414 g/mol. The van der Waals surface area contributed by atoms with E-state index in [9.17, 15) is 4.79 Å². The van der Waals surface area contributed by atoms with E-state index in [1.807, 2.05) is 18.5 Å². The summed E-state index contributed by atoms with van der Waals surface area (Å²) in [6, 6.07) is 3.09. The molecule has 0 aliphatic rings. The zero-order valence-corrected chi connectivity index (χ0v) is 16.5. The van der Waals surface area contributed by atoms with E-state index < -0.39 is 0 Å². The Morgan fingerprint density at radius 3 is 2.86 bits per heavy atom. The number of rotatable bonds is 5. The molecule has 4 heterocycles. The number of imidazole rings is 1. The molecule has 142 valence electrons. The van der Waals surface area contributed by atoms with Crippen molar-refractivity contribution in [3.63, 3.8) is 0 Å². The number of aryl methyl sites for hydroxylation is 1. The van der Waals surface area contributed by atoms with Gasteiger partial charge in [-0.1, -0.05) is 22.9 Å². The van der Waals surface area contributed by atoms with Gasteiger partial charge >= 0.3 is 0 Å². The summed E-state index contributed by atoms with van der Waals surface area (Å²) < 4.78 is 1.84. The van der Waals surface area contributed by atoms with Crippen LogP contribution in [0.25, 0.3) is 11.0 Å². The minimum absolute atomic E-state index is 0.237. The Morgan fingerprint density at radius 1 is 1.18 bits per heavy atom. The van der Waals surface area contributed by atoms with Crippen molar-refractivity contribution >= 4 is 50.8 Å². The lowest BCUT2D eigenvalue weighted by Crippen LogP contribution is -2.26. The minimum atomic E-state index is -0.263. The smallest absolute Gasteiger partial charge is 0.270 e. The van der Waals surface area contributed by atoms with Crippen molar-refractivity contribution in [1.29, 1.82) is 0 Å². The SMILES string of the molecule is CC(NC(=O)c1cc2c(cn1)ncn2C)c1cnc(Nc2cc(Cl)ncn2)s1. The molecule has 4 aromatic heterocycles. The van der Waals surface area contributed by atoms with Crippen LogP contribution >= 0.6 is 22.9 Å². The van der Waals surface area contributed by atoms with Crippen molar-refractivity contribution in [2.75, 3.05) is 5.32 Å². The molecular formula is C17H15ClN8OS. The Kier molecular flexibility index (Phi) is 4.88. The Balaban J connectivity index is 1.45. The quantitative estimate of drug-likeness (QED) is 0.482. The van der Waals surface area contributed by atoms with Crippen LogP contribution in [0.1, 0.15) is 28.3 Å². The predicted molar refractivity (Wildman–Crippen MR) is 107 cm³/mol. The summed E-state index contributed by atoms with van der Waals surface area (Å²) in [5, 5.41) is 6.99. The summed E-state index contributed by atoms with van der Waals surface area (Å²) in [5.41, 5.74) is 1.93. The second kappa shape index (κ2) is 7.49. The van der Waals surface area contributed by atoms with Crippen molar-refractivity contribution in [2.45, 2.75) is 13.0 Å². The average Bonchev–Trinajstić information content (AvgIpc) is 3.28. The zero-order chi connectivity index (χ0) is 19.7. The normalized spacial score (nSPS) is 12.1. The van der Waals surface area contributed by atoms with Crippen LogP contribution < -0.4 is 10.6 Å². The molecule has 9 nitrogen and oxygen atoms in total. The Morgan fingerprint density at radius 2 is 2.04 bits per heavy atom. The molecule has 2 N–H and O–H groups in total. The maximum absolute atomic E-state index is 12.6. The first-order chi connectivity index (χ1) is 13.5. The standard InChI is InChI=1S/C17H15ClN8OS/c1-9(13-6-20-17(28-13)25-15-4-14(18)21-7-22-15)24-16(27)10-3-12-11(5-19-10)23-8-26(12)2/h3-9H,1-2H3,(H,24,27)(H,20,21,22,25). The van der Waals surface area contributed by atoms with Crippen LogP contribution in [0.3, 0.4) is 0 Å². The molecule has 0 aromatic carbocycles. The highest BCUT2D eigenvalue weighted by Gasteiger charge is 2.16. The van der Waals surface area contributed by atoms with E-state index in [0.29, 0.717) is 21.8 Å². The van der Waals surface area contributed by atoms with Gasteiger partial charge in [0.2, 0.25) is 0 Å². The van der Waals surface area contributed by atoms with Gasteiger partial charge < -0.3 is 15.2 Å². The van der Waals surface area contributed by atoms with E-state index in [1.165, 1.54) is 17.7 Å². The molecule has 0 spiro atoms. The lowest BCUT2D eigenvalue weighted by molar-refractivity contribution is 0.0935. The highest BCUT2D eigenvalue weighted by atomic mass is 35.5. The van der Waals surface area contributed by atoms with Crippen molar-refractivity contribution in [2.24, 2.45) is 7.05 Å². The van der Waals surface area contributed by atoms with Crippen molar-refractivity contribution < 1.29 is 4.79 Å². The third kappa shape index (κ3) is 3.78. The van der Waals surface area contributed by atoms with Crippen LogP contribution in [0, 0.1) is 0 Å².